The maximum Gasteiger partial charge on any atom is 0.433 e. The summed E-state index contributed by atoms with van der Waals surface area (Å²) in [5.41, 5.74) is -0.766. The molecule has 0 bridgehead atoms. The molecule has 0 aliphatic heterocycles. The predicted octanol–water partition coefficient (Wildman–Crippen LogP) is 5.25. The fourth-order valence-electron chi connectivity index (χ4n) is 3.56. The predicted molar refractivity (Wildman–Crippen MR) is 121 cm³/mol. The minimum Gasteiger partial charge on any atom is -0.508 e. The van der Waals surface area contributed by atoms with E-state index in [0.717, 1.165) is 12.1 Å². The minimum absolute atomic E-state index is 0.00679. The summed E-state index contributed by atoms with van der Waals surface area (Å²) in [5.74, 6) is -1.62. The van der Waals surface area contributed by atoms with E-state index in [2.05, 4.69) is 10.3 Å². The third kappa shape index (κ3) is 5.11. The monoisotopic (exact) mass is 505 g/mol. The Morgan fingerprint density at radius 1 is 1.11 bits per heavy atom. The summed E-state index contributed by atoms with van der Waals surface area (Å²) in [6.45, 7) is -0.848. The van der Waals surface area contributed by atoms with Crippen LogP contribution >= 0.6 is 0 Å². The Balaban J connectivity index is 1.84. The lowest BCUT2D eigenvalue weighted by Gasteiger charge is -2.13. The molecule has 2 aromatic heterocycles. The molecule has 12 heteroatoms. The molecule has 36 heavy (non-hydrogen) atoms. The molecule has 0 radical (unpaired) electrons. The van der Waals surface area contributed by atoms with Crippen LogP contribution in [0.15, 0.2) is 54.6 Å². The van der Waals surface area contributed by atoms with Gasteiger partial charge in [0.2, 0.25) is 0 Å². The number of benzene rings is 2. The number of pyridine rings is 1. The Morgan fingerprint density at radius 3 is 2.47 bits per heavy atom. The van der Waals surface area contributed by atoms with Gasteiger partial charge in [0.15, 0.2) is 29.7 Å². The molecule has 0 aliphatic carbocycles. The van der Waals surface area contributed by atoms with Gasteiger partial charge >= 0.3 is 12.1 Å². The smallest absolute Gasteiger partial charge is 0.433 e. The zero-order valence-electron chi connectivity index (χ0n) is 18.6. The highest BCUT2D eigenvalue weighted by molar-refractivity contribution is 5.91. The summed E-state index contributed by atoms with van der Waals surface area (Å²) in [5, 5.41) is 21.5. The fourth-order valence-corrected chi connectivity index (χ4v) is 3.56. The van der Waals surface area contributed by atoms with Crippen LogP contribution in [0.5, 0.6) is 23.0 Å². The van der Waals surface area contributed by atoms with Crippen molar-refractivity contribution in [2.45, 2.75) is 12.7 Å². The molecule has 4 aromatic rings. The first kappa shape index (κ1) is 24.6. The van der Waals surface area contributed by atoms with E-state index in [-0.39, 0.29) is 40.6 Å². The lowest BCUT2D eigenvalue weighted by atomic mass is 10.2. The van der Waals surface area contributed by atoms with Gasteiger partial charge in [-0.05, 0) is 54.1 Å². The number of carboxylic acid groups (broad SMARTS) is 1. The highest BCUT2D eigenvalue weighted by Gasteiger charge is 2.34. The van der Waals surface area contributed by atoms with Crippen molar-refractivity contribution in [1.29, 1.82) is 0 Å². The van der Waals surface area contributed by atoms with Crippen LogP contribution < -0.4 is 14.8 Å². The van der Waals surface area contributed by atoms with Crippen molar-refractivity contribution >= 4 is 22.8 Å². The highest BCUT2D eigenvalue weighted by Crippen LogP contribution is 2.41. The van der Waals surface area contributed by atoms with Crippen LogP contribution in [0, 0.1) is 5.82 Å². The average molecular weight is 505 g/mol. The van der Waals surface area contributed by atoms with Crippen molar-refractivity contribution in [3.05, 3.63) is 71.7 Å². The number of halogens is 4. The van der Waals surface area contributed by atoms with Crippen LogP contribution in [0.4, 0.5) is 23.4 Å². The minimum atomic E-state index is -4.70. The van der Waals surface area contributed by atoms with Gasteiger partial charge in [0.1, 0.15) is 22.8 Å². The maximum absolute atomic E-state index is 14.1. The molecule has 0 atom stereocenters. The van der Waals surface area contributed by atoms with Crippen LogP contribution in [0.3, 0.4) is 0 Å². The largest absolute Gasteiger partial charge is 0.508 e. The van der Waals surface area contributed by atoms with Crippen molar-refractivity contribution < 1.29 is 42.0 Å². The molecule has 4 rings (SSSR count). The van der Waals surface area contributed by atoms with Crippen LogP contribution in [0.2, 0.25) is 0 Å². The number of hydrogen-bond acceptors (Lipinski definition) is 6. The van der Waals surface area contributed by atoms with Gasteiger partial charge in [0.25, 0.3) is 0 Å². The molecular formula is C24H19F4N3O5. The molecule has 8 nitrogen and oxygen atoms in total. The quantitative estimate of drug-likeness (QED) is 0.281. The Kier molecular flexibility index (Phi) is 6.60. The summed E-state index contributed by atoms with van der Waals surface area (Å²) in [6, 6.07) is 11.6. The lowest BCUT2D eigenvalue weighted by Crippen LogP contribution is -2.11. The molecule has 0 unspecified atom stereocenters. The van der Waals surface area contributed by atoms with Crippen LogP contribution in [0.25, 0.3) is 11.0 Å². The Morgan fingerprint density at radius 2 is 1.83 bits per heavy atom. The normalized spacial score (nSPS) is 11.5. The van der Waals surface area contributed by atoms with Crippen LogP contribution in [-0.2, 0) is 17.5 Å². The van der Waals surface area contributed by atoms with Gasteiger partial charge in [0, 0.05) is 7.05 Å². The molecule has 2 heterocycles. The van der Waals surface area contributed by atoms with Gasteiger partial charge in [-0.2, -0.15) is 13.2 Å². The molecule has 2 aromatic carbocycles. The van der Waals surface area contributed by atoms with Crippen LogP contribution in [0.1, 0.15) is 11.3 Å². The summed E-state index contributed by atoms with van der Waals surface area (Å²) in [6.07, 6.45) is -4.70. The molecule has 188 valence electrons. The van der Waals surface area contributed by atoms with E-state index in [1.807, 2.05) is 0 Å². The summed E-state index contributed by atoms with van der Waals surface area (Å²) in [7, 11) is 1.55. The van der Waals surface area contributed by atoms with Crippen molar-refractivity contribution in [3.8, 4) is 23.0 Å². The van der Waals surface area contributed by atoms with E-state index in [0.29, 0.717) is 11.3 Å². The molecule has 0 saturated carbocycles. The molecular weight excluding hydrogens is 486 g/mol. The number of nitrogens with zero attached hydrogens (tertiary/aromatic N) is 2. The van der Waals surface area contributed by atoms with Crippen LogP contribution in [-0.4, -0.2) is 39.4 Å². The first-order valence-corrected chi connectivity index (χ1v) is 10.4. The van der Waals surface area contributed by atoms with Gasteiger partial charge in [-0.15, -0.1) is 0 Å². The van der Waals surface area contributed by atoms with Gasteiger partial charge < -0.3 is 29.6 Å². The highest BCUT2D eigenvalue weighted by atomic mass is 19.4. The molecule has 0 saturated heterocycles. The first-order chi connectivity index (χ1) is 17.1. The number of phenols is 1. The second-order valence-electron chi connectivity index (χ2n) is 7.62. The van der Waals surface area contributed by atoms with Gasteiger partial charge in [-0.25, -0.2) is 14.2 Å². The number of aliphatic carboxylic acids is 1. The number of ether oxygens (including phenoxy) is 2. The summed E-state index contributed by atoms with van der Waals surface area (Å²) >= 11 is 0. The molecule has 0 aliphatic rings. The molecule has 0 fully saturated rings. The summed E-state index contributed by atoms with van der Waals surface area (Å²) < 4.78 is 66.8. The van der Waals surface area contributed by atoms with E-state index >= 15 is 0 Å². The number of anilines is 1. The third-order valence-electron chi connectivity index (χ3n) is 5.13. The van der Waals surface area contributed by atoms with Crippen molar-refractivity contribution in [1.82, 2.24) is 9.55 Å². The van der Waals surface area contributed by atoms with Gasteiger partial charge in [-0.1, -0.05) is 6.07 Å². The number of phenolic OH excluding ortho intramolecular Hbond substituents is 1. The van der Waals surface area contributed by atoms with Crippen molar-refractivity contribution in [2.75, 3.05) is 19.0 Å². The zero-order chi connectivity index (χ0) is 26.0. The van der Waals surface area contributed by atoms with Gasteiger partial charge in [0.05, 0.1) is 11.9 Å². The third-order valence-corrected chi connectivity index (χ3v) is 5.13. The number of alkyl halides is 3. The number of nitrogens with one attached hydrogen (secondary N) is 1. The standard InChI is InChI=1S/C24H19F4N3O5/c1-29-23-21(36-15-5-3-14(32)4-6-15)16-7-9-19(24(26,27)28)30-22(16)31(23)11-13-2-8-17(25)18(10-13)35-12-20(33)34/h2-10,29,32H,11-12H2,1H3,(H,33,34). The van der Waals surface area contributed by atoms with E-state index < -0.39 is 30.3 Å². The second-order valence-corrected chi connectivity index (χ2v) is 7.62. The Hall–Kier alpha value is -4.48. The SMILES string of the molecule is CNc1c(Oc2ccc(O)cc2)c2ccc(C(F)(F)F)nc2n1Cc1ccc(F)c(OCC(=O)O)c1. The first-order valence-electron chi connectivity index (χ1n) is 10.4. The number of fused-ring (bicyclic) bond motifs is 1. The van der Waals surface area contributed by atoms with E-state index in [4.69, 9.17) is 14.6 Å². The molecule has 0 amide bonds. The van der Waals surface area contributed by atoms with Crippen molar-refractivity contribution in [2.24, 2.45) is 0 Å². The Bertz CT molecular complexity index is 1420. The maximum atomic E-state index is 14.1. The van der Waals surface area contributed by atoms with Gasteiger partial charge in [-0.3, -0.25) is 0 Å². The Labute approximate surface area is 201 Å². The number of aromatic hydroxyl groups is 1. The van der Waals surface area contributed by atoms with E-state index in [1.54, 1.807) is 7.05 Å². The topological polar surface area (TPSA) is 106 Å². The number of carbonyl (C=O) groups is 1. The number of carboxylic acids is 1. The molecule has 3 N–H and O–H groups in total. The zero-order valence-corrected chi connectivity index (χ0v) is 18.6. The number of hydrogen-bond donors (Lipinski definition) is 3. The summed E-state index contributed by atoms with van der Waals surface area (Å²) in [4.78, 5) is 14.6. The van der Waals surface area contributed by atoms with Crippen molar-refractivity contribution in [3.63, 3.8) is 0 Å². The van der Waals surface area contributed by atoms with E-state index in [1.165, 1.54) is 47.0 Å². The number of rotatable bonds is 8. The average Bonchev–Trinajstić information content (AvgIpc) is 3.11. The second kappa shape index (κ2) is 9.64. The number of aromatic nitrogens is 2. The fraction of sp³-hybridized carbons (Fsp3) is 0.167. The van der Waals surface area contributed by atoms with E-state index in [9.17, 15) is 27.5 Å². The lowest BCUT2D eigenvalue weighted by molar-refractivity contribution is -0.141. The molecule has 0 spiro atoms.